The van der Waals surface area contributed by atoms with Crippen LogP contribution in [0.25, 0.3) is 0 Å². The molecule has 0 saturated carbocycles. The summed E-state index contributed by atoms with van der Waals surface area (Å²) in [4.78, 5) is 43.0. The van der Waals surface area contributed by atoms with Crippen LogP contribution < -0.4 is 14.5 Å². The number of piperazine rings is 1. The largest absolute Gasteiger partial charge is 0.494 e. The third kappa shape index (κ3) is 5.62. The van der Waals surface area contributed by atoms with Gasteiger partial charge in [0.25, 0.3) is 5.91 Å². The van der Waals surface area contributed by atoms with Gasteiger partial charge in [0.2, 0.25) is 5.91 Å². The number of anilines is 2. The van der Waals surface area contributed by atoms with Gasteiger partial charge < -0.3 is 24.2 Å². The highest BCUT2D eigenvalue weighted by molar-refractivity contribution is 6.30. The molecule has 180 valence electrons. The van der Waals surface area contributed by atoms with Crippen molar-refractivity contribution in [3.63, 3.8) is 0 Å². The molecule has 1 atom stereocenters. The first-order valence-electron chi connectivity index (χ1n) is 11.4. The quantitative estimate of drug-likeness (QED) is 0.561. The molecule has 2 aliphatic heterocycles. The summed E-state index contributed by atoms with van der Waals surface area (Å²) in [6.07, 6.45) is 0.0680. The Bertz CT molecular complexity index is 1040. The normalized spacial score (nSPS) is 18.2. The van der Waals surface area contributed by atoms with E-state index in [0.717, 1.165) is 11.4 Å². The van der Waals surface area contributed by atoms with Crippen LogP contribution in [0.1, 0.15) is 13.3 Å². The fraction of sp³-hybridized carbons (Fsp3) is 0.400. The van der Waals surface area contributed by atoms with Crippen molar-refractivity contribution in [2.75, 3.05) is 55.7 Å². The number of nitrogens with zero attached hydrogens (tertiary/aromatic N) is 3. The van der Waals surface area contributed by atoms with Crippen LogP contribution in [0.4, 0.5) is 11.4 Å². The first-order valence-corrected chi connectivity index (χ1v) is 11.8. The number of ether oxygens (including phenoxy) is 2. The van der Waals surface area contributed by atoms with Gasteiger partial charge in [0.05, 0.1) is 12.5 Å². The molecular weight excluding hydrogens is 458 g/mol. The average Bonchev–Trinajstić information content (AvgIpc) is 3.25. The van der Waals surface area contributed by atoms with E-state index in [4.69, 9.17) is 21.1 Å². The van der Waals surface area contributed by atoms with Gasteiger partial charge in [-0.1, -0.05) is 17.7 Å². The molecule has 2 amide bonds. The van der Waals surface area contributed by atoms with Gasteiger partial charge >= 0.3 is 5.97 Å². The van der Waals surface area contributed by atoms with Gasteiger partial charge in [-0.05, 0) is 49.4 Å². The minimum atomic E-state index is -0.591. The van der Waals surface area contributed by atoms with Gasteiger partial charge in [-0.15, -0.1) is 0 Å². The van der Waals surface area contributed by atoms with Gasteiger partial charge in [0.15, 0.2) is 6.61 Å². The highest BCUT2D eigenvalue weighted by Crippen LogP contribution is 2.27. The summed E-state index contributed by atoms with van der Waals surface area (Å²) < 4.78 is 10.7. The Labute approximate surface area is 204 Å². The number of rotatable bonds is 7. The first kappa shape index (κ1) is 23.9. The van der Waals surface area contributed by atoms with Crippen LogP contribution in [0.15, 0.2) is 48.5 Å². The molecule has 2 aromatic carbocycles. The molecular formula is C25H28ClN3O5. The first-order chi connectivity index (χ1) is 16.4. The van der Waals surface area contributed by atoms with Crippen molar-refractivity contribution in [2.45, 2.75) is 13.3 Å². The number of hydrogen-bond donors (Lipinski definition) is 0. The summed E-state index contributed by atoms with van der Waals surface area (Å²) in [6, 6.07) is 14.8. The van der Waals surface area contributed by atoms with Crippen molar-refractivity contribution in [1.82, 2.24) is 4.90 Å². The number of carbonyl (C=O) groups excluding carboxylic acids is 3. The summed E-state index contributed by atoms with van der Waals surface area (Å²) in [6.45, 7) is 4.81. The molecule has 4 rings (SSSR count). The van der Waals surface area contributed by atoms with Gasteiger partial charge in [-0.3, -0.25) is 14.4 Å². The topological polar surface area (TPSA) is 79.4 Å². The Balaban J connectivity index is 1.23. The van der Waals surface area contributed by atoms with E-state index in [1.807, 2.05) is 31.2 Å². The highest BCUT2D eigenvalue weighted by atomic mass is 35.5. The lowest BCUT2D eigenvalue weighted by atomic mass is 10.1. The van der Waals surface area contributed by atoms with E-state index < -0.39 is 11.9 Å². The highest BCUT2D eigenvalue weighted by Gasteiger charge is 2.36. The minimum absolute atomic E-state index is 0.0680. The van der Waals surface area contributed by atoms with Gasteiger partial charge in [0.1, 0.15) is 5.75 Å². The summed E-state index contributed by atoms with van der Waals surface area (Å²) in [5.74, 6) is -0.763. The molecule has 2 saturated heterocycles. The van der Waals surface area contributed by atoms with Crippen molar-refractivity contribution in [3.05, 3.63) is 53.6 Å². The Kier molecular flexibility index (Phi) is 7.57. The molecule has 0 bridgehead atoms. The van der Waals surface area contributed by atoms with Crippen molar-refractivity contribution in [1.29, 1.82) is 0 Å². The van der Waals surface area contributed by atoms with Gasteiger partial charge in [-0.2, -0.15) is 0 Å². The number of esters is 1. The van der Waals surface area contributed by atoms with Crippen LogP contribution in [-0.2, 0) is 19.1 Å². The van der Waals surface area contributed by atoms with Crippen LogP contribution in [-0.4, -0.2) is 68.6 Å². The smallest absolute Gasteiger partial charge is 0.311 e. The predicted molar refractivity (Wildman–Crippen MR) is 129 cm³/mol. The number of amides is 2. The number of halogens is 1. The van der Waals surface area contributed by atoms with E-state index in [9.17, 15) is 14.4 Å². The van der Waals surface area contributed by atoms with Gasteiger partial charge in [-0.25, -0.2) is 0 Å². The van der Waals surface area contributed by atoms with Crippen LogP contribution in [0.3, 0.4) is 0 Å². The maximum absolute atomic E-state index is 12.6. The third-order valence-electron chi connectivity index (χ3n) is 6.06. The second-order valence-corrected chi connectivity index (χ2v) is 8.72. The monoisotopic (exact) mass is 485 g/mol. The fourth-order valence-corrected chi connectivity index (χ4v) is 4.42. The molecule has 1 unspecified atom stereocenters. The van der Waals surface area contributed by atoms with E-state index in [1.165, 1.54) is 0 Å². The molecule has 0 N–H and O–H groups in total. The lowest BCUT2D eigenvalue weighted by Crippen LogP contribution is -2.50. The van der Waals surface area contributed by atoms with Crippen LogP contribution in [0, 0.1) is 5.92 Å². The van der Waals surface area contributed by atoms with Crippen molar-refractivity contribution in [3.8, 4) is 5.75 Å². The number of hydrogen-bond acceptors (Lipinski definition) is 6. The summed E-state index contributed by atoms with van der Waals surface area (Å²) >= 11 is 6.07. The molecule has 0 radical (unpaired) electrons. The summed E-state index contributed by atoms with van der Waals surface area (Å²) in [5, 5.41) is 0.675. The van der Waals surface area contributed by atoms with Crippen molar-refractivity contribution in [2.24, 2.45) is 5.92 Å². The van der Waals surface area contributed by atoms with Gasteiger partial charge in [0, 0.05) is 55.5 Å². The Morgan fingerprint density at radius 2 is 1.76 bits per heavy atom. The third-order valence-corrected chi connectivity index (χ3v) is 6.30. The maximum Gasteiger partial charge on any atom is 0.311 e. The van der Waals surface area contributed by atoms with Crippen molar-refractivity contribution < 1.29 is 23.9 Å². The van der Waals surface area contributed by atoms with E-state index in [-0.39, 0.29) is 31.4 Å². The maximum atomic E-state index is 12.6. The number of carbonyl (C=O) groups is 3. The zero-order valence-corrected chi connectivity index (χ0v) is 19.9. The zero-order chi connectivity index (χ0) is 24.1. The lowest BCUT2D eigenvalue weighted by Gasteiger charge is -2.36. The molecule has 2 aromatic rings. The molecule has 9 heteroatoms. The summed E-state index contributed by atoms with van der Waals surface area (Å²) in [7, 11) is 0. The van der Waals surface area contributed by atoms with E-state index >= 15 is 0 Å². The standard InChI is InChI=1S/C25H28ClN3O5/c1-2-33-22-8-6-20(7-9-22)29-16-18(14-23(29)30)25(32)34-17-24(31)28-12-10-27(11-13-28)21-5-3-4-19(26)15-21/h3-9,15,18H,2,10-14,16-17H2,1H3. The second kappa shape index (κ2) is 10.8. The van der Waals surface area contributed by atoms with Crippen LogP contribution in [0.2, 0.25) is 5.02 Å². The summed E-state index contributed by atoms with van der Waals surface area (Å²) in [5.41, 5.74) is 1.73. The van der Waals surface area contributed by atoms with Crippen molar-refractivity contribution >= 4 is 40.8 Å². The van der Waals surface area contributed by atoms with E-state index in [1.54, 1.807) is 34.1 Å². The molecule has 0 aliphatic carbocycles. The Morgan fingerprint density at radius 3 is 2.44 bits per heavy atom. The molecule has 8 nitrogen and oxygen atoms in total. The fourth-order valence-electron chi connectivity index (χ4n) is 4.23. The molecule has 0 spiro atoms. The number of benzene rings is 2. The van der Waals surface area contributed by atoms with Crippen LogP contribution >= 0.6 is 11.6 Å². The minimum Gasteiger partial charge on any atom is -0.494 e. The molecule has 2 aliphatic rings. The average molecular weight is 486 g/mol. The molecule has 0 aromatic heterocycles. The SMILES string of the molecule is CCOc1ccc(N2CC(C(=O)OCC(=O)N3CCN(c4cccc(Cl)c4)CC3)CC2=O)cc1. The Hall–Kier alpha value is -3.26. The molecule has 34 heavy (non-hydrogen) atoms. The van der Waals surface area contributed by atoms with Crippen LogP contribution in [0.5, 0.6) is 5.75 Å². The second-order valence-electron chi connectivity index (χ2n) is 8.29. The molecule has 2 heterocycles. The lowest BCUT2D eigenvalue weighted by molar-refractivity contribution is -0.155. The predicted octanol–water partition coefficient (Wildman–Crippen LogP) is 2.98. The zero-order valence-electron chi connectivity index (χ0n) is 19.1. The van der Waals surface area contributed by atoms with E-state index in [2.05, 4.69) is 4.90 Å². The Morgan fingerprint density at radius 1 is 1.03 bits per heavy atom. The van der Waals surface area contributed by atoms with E-state index in [0.29, 0.717) is 43.5 Å². The molecule has 2 fully saturated rings.